The van der Waals surface area contributed by atoms with E-state index >= 15 is 0 Å². The zero-order valence-electron chi connectivity index (χ0n) is 7.15. The van der Waals surface area contributed by atoms with Crippen molar-refractivity contribution in [2.75, 3.05) is 12.4 Å². The second-order valence-electron chi connectivity index (χ2n) is 2.31. The highest BCUT2D eigenvalue weighted by molar-refractivity contribution is 5.88. The zero-order chi connectivity index (χ0) is 9.84. The van der Waals surface area contributed by atoms with Gasteiger partial charge in [0.2, 0.25) is 0 Å². The SMILES string of the molecule is CCOC(=O)c1ccc(C#N)n1N. The first-order valence-corrected chi connectivity index (χ1v) is 3.74. The van der Waals surface area contributed by atoms with Crippen molar-refractivity contribution in [3.05, 3.63) is 23.5 Å². The Morgan fingerprint density at radius 2 is 2.46 bits per heavy atom. The van der Waals surface area contributed by atoms with E-state index in [9.17, 15) is 4.79 Å². The Hall–Kier alpha value is -1.96. The van der Waals surface area contributed by atoms with Crippen molar-refractivity contribution in [2.45, 2.75) is 6.92 Å². The summed E-state index contributed by atoms with van der Waals surface area (Å²) >= 11 is 0. The highest BCUT2D eigenvalue weighted by Crippen LogP contribution is 2.05. The minimum absolute atomic E-state index is 0.179. The summed E-state index contributed by atoms with van der Waals surface area (Å²) in [6, 6.07) is 4.76. The van der Waals surface area contributed by atoms with E-state index in [0.717, 1.165) is 4.68 Å². The fraction of sp³-hybridized carbons (Fsp3) is 0.250. The third kappa shape index (κ3) is 1.62. The molecule has 0 aliphatic heterocycles. The van der Waals surface area contributed by atoms with Crippen LogP contribution in [0.25, 0.3) is 0 Å². The van der Waals surface area contributed by atoms with E-state index in [1.165, 1.54) is 12.1 Å². The molecule has 1 aromatic heterocycles. The van der Waals surface area contributed by atoms with E-state index in [0.29, 0.717) is 0 Å². The maximum atomic E-state index is 11.2. The fourth-order valence-electron chi connectivity index (χ4n) is 0.911. The normalized spacial score (nSPS) is 9.23. The largest absolute Gasteiger partial charge is 0.461 e. The number of nitriles is 1. The van der Waals surface area contributed by atoms with Crippen LogP contribution in [-0.4, -0.2) is 17.3 Å². The molecule has 5 nitrogen and oxygen atoms in total. The summed E-state index contributed by atoms with van der Waals surface area (Å²) in [5, 5.41) is 8.54. The molecule has 0 atom stereocenters. The predicted molar refractivity (Wildman–Crippen MR) is 45.3 cm³/mol. The smallest absolute Gasteiger partial charge is 0.356 e. The molecule has 0 radical (unpaired) electrons. The van der Waals surface area contributed by atoms with Crippen LogP contribution in [0.4, 0.5) is 0 Å². The molecule has 0 unspecified atom stereocenters. The summed E-state index contributed by atoms with van der Waals surface area (Å²) < 4.78 is 5.73. The van der Waals surface area contributed by atoms with Gasteiger partial charge in [0.1, 0.15) is 17.5 Å². The minimum Gasteiger partial charge on any atom is -0.461 e. The Morgan fingerprint density at radius 3 is 2.92 bits per heavy atom. The molecule has 0 aliphatic carbocycles. The Morgan fingerprint density at radius 1 is 1.77 bits per heavy atom. The van der Waals surface area contributed by atoms with Gasteiger partial charge in [0.25, 0.3) is 0 Å². The van der Waals surface area contributed by atoms with Gasteiger partial charge in [-0.3, -0.25) is 0 Å². The molecule has 2 N–H and O–H groups in total. The lowest BCUT2D eigenvalue weighted by atomic mass is 10.4. The molecule has 0 spiro atoms. The number of nitrogens with two attached hydrogens (primary N) is 1. The molecule has 1 aromatic rings. The lowest BCUT2D eigenvalue weighted by molar-refractivity contribution is 0.0516. The molecule has 0 aliphatic rings. The van der Waals surface area contributed by atoms with Crippen LogP contribution in [0.2, 0.25) is 0 Å². The molecule has 0 fully saturated rings. The first-order valence-electron chi connectivity index (χ1n) is 3.74. The number of rotatable bonds is 2. The van der Waals surface area contributed by atoms with Gasteiger partial charge in [0, 0.05) is 0 Å². The summed E-state index contributed by atoms with van der Waals surface area (Å²) in [4.78, 5) is 11.2. The van der Waals surface area contributed by atoms with E-state index in [-0.39, 0.29) is 18.0 Å². The number of carbonyl (C=O) groups excluding carboxylic acids is 1. The van der Waals surface area contributed by atoms with E-state index < -0.39 is 5.97 Å². The van der Waals surface area contributed by atoms with Gasteiger partial charge < -0.3 is 10.6 Å². The second-order valence-corrected chi connectivity index (χ2v) is 2.31. The van der Waals surface area contributed by atoms with Crippen LogP contribution in [0.1, 0.15) is 23.1 Å². The Kier molecular flexibility index (Phi) is 2.55. The third-order valence-corrected chi connectivity index (χ3v) is 1.52. The molecule has 5 heteroatoms. The van der Waals surface area contributed by atoms with Crippen molar-refractivity contribution >= 4 is 5.97 Å². The fourth-order valence-corrected chi connectivity index (χ4v) is 0.911. The van der Waals surface area contributed by atoms with E-state index in [2.05, 4.69) is 0 Å². The van der Waals surface area contributed by atoms with Crippen LogP contribution >= 0.6 is 0 Å². The molecule has 0 aromatic carbocycles. The van der Waals surface area contributed by atoms with Gasteiger partial charge in [-0.05, 0) is 19.1 Å². The molecule has 13 heavy (non-hydrogen) atoms. The summed E-state index contributed by atoms with van der Waals surface area (Å²) in [5.41, 5.74) is 0.404. The lowest BCUT2D eigenvalue weighted by Crippen LogP contribution is -2.19. The molecule has 1 rings (SSSR count). The van der Waals surface area contributed by atoms with E-state index in [1.807, 2.05) is 6.07 Å². The summed E-state index contributed by atoms with van der Waals surface area (Å²) in [6.45, 7) is 1.98. The van der Waals surface area contributed by atoms with Crippen molar-refractivity contribution in [3.63, 3.8) is 0 Å². The maximum absolute atomic E-state index is 11.2. The molecule has 0 saturated heterocycles. The van der Waals surface area contributed by atoms with E-state index in [4.69, 9.17) is 15.8 Å². The van der Waals surface area contributed by atoms with Gasteiger partial charge in [-0.1, -0.05) is 0 Å². The highest BCUT2D eigenvalue weighted by Gasteiger charge is 2.13. The van der Waals surface area contributed by atoms with Gasteiger partial charge in [0.05, 0.1) is 6.61 Å². The average molecular weight is 179 g/mol. The molecule has 0 saturated carbocycles. The van der Waals surface area contributed by atoms with Gasteiger partial charge in [0.15, 0.2) is 0 Å². The first kappa shape index (κ1) is 9.13. The molecular formula is C8H9N3O2. The average Bonchev–Trinajstić information content (AvgIpc) is 2.47. The summed E-state index contributed by atoms with van der Waals surface area (Å²) in [6.07, 6.45) is 0. The maximum Gasteiger partial charge on any atom is 0.356 e. The van der Waals surface area contributed by atoms with Crippen LogP contribution in [0.5, 0.6) is 0 Å². The van der Waals surface area contributed by atoms with Crippen molar-refractivity contribution in [3.8, 4) is 6.07 Å². The molecule has 68 valence electrons. The third-order valence-electron chi connectivity index (χ3n) is 1.52. The minimum atomic E-state index is -0.522. The number of hydrogen-bond acceptors (Lipinski definition) is 4. The van der Waals surface area contributed by atoms with Crippen LogP contribution in [-0.2, 0) is 4.74 Å². The van der Waals surface area contributed by atoms with Crippen molar-refractivity contribution in [1.29, 1.82) is 5.26 Å². The monoisotopic (exact) mass is 179 g/mol. The highest BCUT2D eigenvalue weighted by atomic mass is 16.5. The topological polar surface area (TPSA) is 81.0 Å². The Bertz CT molecular complexity index is 362. The van der Waals surface area contributed by atoms with Crippen LogP contribution < -0.4 is 5.84 Å². The number of aromatic nitrogens is 1. The van der Waals surface area contributed by atoms with Gasteiger partial charge in [-0.2, -0.15) is 5.26 Å². The number of carbonyl (C=O) groups is 1. The zero-order valence-corrected chi connectivity index (χ0v) is 7.15. The van der Waals surface area contributed by atoms with Crippen LogP contribution in [0.15, 0.2) is 12.1 Å². The number of hydrogen-bond donors (Lipinski definition) is 1. The summed E-state index contributed by atoms with van der Waals surface area (Å²) in [5.74, 6) is 4.92. The predicted octanol–water partition coefficient (Wildman–Crippen LogP) is 0.250. The van der Waals surface area contributed by atoms with Crippen molar-refractivity contribution < 1.29 is 9.53 Å². The molecule has 0 bridgehead atoms. The molecular weight excluding hydrogens is 170 g/mol. The number of esters is 1. The quantitative estimate of drug-likeness (QED) is 0.521. The Labute approximate surface area is 75.3 Å². The summed E-state index contributed by atoms with van der Waals surface area (Å²) in [7, 11) is 0. The van der Waals surface area contributed by atoms with Crippen molar-refractivity contribution in [2.24, 2.45) is 0 Å². The Balaban J connectivity index is 2.97. The second kappa shape index (κ2) is 3.63. The first-order chi connectivity index (χ1) is 6.20. The molecule has 1 heterocycles. The molecule has 0 amide bonds. The van der Waals surface area contributed by atoms with E-state index in [1.54, 1.807) is 6.92 Å². The number of ether oxygens (including phenoxy) is 1. The van der Waals surface area contributed by atoms with Crippen LogP contribution in [0, 0.1) is 11.3 Å². The standard InChI is InChI=1S/C8H9N3O2/c1-2-13-8(12)7-4-3-6(5-9)11(7)10/h3-4H,2,10H2,1H3. The van der Waals surface area contributed by atoms with Gasteiger partial charge >= 0.3 is 5.97 Å². The van der Waals surface area contributed by atoms with Crippen molar-refractivity contribution in [1.82, 2.24) is 4.68 Å². The van der Waals surface area contributed by atoms with Gasteiger partial charge in [-0.15, -0.1) is 0 Å². The van der Waals surface area contributed by atoms with Crippen LogP contribution in [0.3, 0.4) is 0 Å². The number of nitrogens with zero attached hydrogens (tertiary/aromatic N) is 2. The number of nitrogen functional groups attached to an aromatic ring is 1. The van der Waals surface area contributed by atoms with Gasteiger partial charge in [-0.25, -0.2) is 9.47 Å². The lowest BCUT2D eigenvalue weighted by Gasteiger charge is -2.02.